The smallest absolute Gasteiger partial charge is 0.258 e. The summed E-state index contributed by atoms with van der Waals surface area (Å²) in [5.74, 6) is 0.0243. The highest BCUT2D eigenvalue weighted by Gasteiger charge is 2.05. The highest BCUT2D eigenvalue weighted by molar-refractivity contribution is 7.72. The normalized spacial score (nSPS) is 10.4. The Labute approximate surface area is 82.5 Å². The summed E-state index contributed by atoms with van der Waals surface area (Å²) in [5, 5.41) is 10.4. The molecule has 0 saturated heterocycles. The molecule has 0 spiro atoms. The van der Waals surface area contributed by atoms with Gasteiger partial charge < -0.3 is 0 Å². The number of hydrogen-bond donors (Lipinski definition) is 1. The van der Waals surface area contributed by atoms with Crippen LogP contribution in [0.25, 0.3) is 0 Å². The molecule has 0 unspecified atom stereocenters. The summed E-state index contributed by atoms with van der Waals surface area (Å²) in [6, 6.07) is 5.98. The lowest BCUT2D eigenvalue weighted by molar-refractivity contribution is -0.384. The Morgan fingerprint density at radius 2 is 2.07 bits per heavy atom. The highest BCUT2D eigenvalue weighted by Crippen LogP contribution is 2.13. The number of non-ortho nitro benzene ring substituents is 1. The van der Waals surface area contributed by atoms with Crippen LogP contribution in [0.5, 0.6) is 0 Å². The third-order valence-corrected chi connectivity index (χ3v) is 2.29. The zero-order valence-electron chi connectivity index (χ0n) is 7.25. The van der Waals surface area contributed by atoms with Crippen molar-refractivity contribution in [2.45, 2.75) is 6.42 Å². The van der Waals surface area contributed by atoms with Crippen LogP contribution in [0.1, 0.15) is 5.56 Å². The van der Waals surface area contributed by atoms with Gasteiger partial charge in [-0.3, -0.25) is 10.1 Å². The Morgan fingerprint density at radius 1 is 1.36 bits per heavy atom. The molecule has 0 radical (unpaired) electrons. The minimum absolute atomic E-state index is 0.0105. The van der Waals surface area contributed by atoms with E-state index in [4.69, 9.17) is 0 Å². The quantitative estimate of drug-likeness (QED) is 0.456. The molecule has 5 nitrogen and oxygen atoms in total. The van der Waals surface area contributed by atoms with E-state index in [1.807, 2.05) is 0 Å². The first-order valence-electron chi connectivity index (χ1n) is 3.95. The average Bonchev–Trinajstić information content (AvgIpc) is 2.15. The maximum absolute atomic E-state index is 10.4. The van der Waals surface area contributed by atoms with E-state index in [9.17, 15) is 18.5 Å². The topological polar surface area (TPSA) is 77.3 Å². The molecule has 0 N–H and O–H groups in total. The second-order valence-corrected chi connectivity index (χ2v) is 3.85. The van der Waals surface area contributed by atoms with Crippen LogP contribution >= 0.6 is 0 Å². The Balaban J connectivity index is 2.78. The van der Waals surface area contributed by atoms with Gasteiger partial charge in [-0.2, -0.15) is 0 Å². The Bertz CT molecular complexity index is 406. The third kappa shape index (κ3) is 3.14. The standard InChI is InChI=1S/C8H9NO4S/c10-9(11)8-3-1-2-7(6-8)4-5-14(12)13/h1-3,6,14H,4-5H2. The van der Waals surface area contributed by atoms with Gasteiger partial charge >= 0.3 is 0 Å². The molecule has 0 aliphatic heterocycles. The molecule has 0 atom stereocenters. The van der Waals surface area contributed by atoms with E-state index in [0.717, 1.165) is 0 Å². The number of nitro benzene ring substituents is 1. The van der Waals surface area contributed by atoms with Crippen LogP contribution in [-0.4, -0.2) is 19.1 Å². The van der Waals surface area contributed by atoms with Crippen molar-refractivity contribution in [3.63, 3.8) is 0 Å². The first-order chi connectivity index (χ1) is 6.59. The van der Waals surface area contributed by atoms with E-state index in [0.29, 0.717) is 12.0 Å². The molecule has 0 bridgehead atoms. The van der Waals surface area contributed by atoms with Gasteiger partial charge in [-0.1, -0.05) is 12.1 Å². The van der Waals surface area contributed by atoms with Gasteiger partial charge in [0.05, 0.1) is 10.7 Å². The summed E-state index contributed by atoms with van der Waals surface area (Å²) in [7, 11) is -2.42. The molecular weight excluding hydrogens is 206 g/mol. The van der Waals surface area contributed by atoms with Crippen LogP contribution in [0.3, 0.4) is 0 Å². The van der Waals surface area contributed by atoms with Gasteiger partial charge in [-0.15, -0.1) is 0 Å². The average molecular weight is 215 g/mol. The van der Waals surface area contributed by atoms with Crippen molar-refractivity contribution in [1.29, 1.82) is 0 Å². The lowest BCUT2D eigenvalue weighted by Gasteiger charge is -1.96. The lowest BCUT2D eigenvalue weighted by atomic mass is 10.1. The summed E-state index contributed by atoms with van der Waals surface area (Å²) < 4.78 is 20.6. The van der Waals surface area contributed by atoms with Crippen LogP contribution in [0.15, 0.2) is 24.3 Å². The van der Waals surface area contributed by atoms with Gasteiger partial charge in [0.25, 0.3) is 5.69 Å². The van der Waals surface area contributed by atoms with E-state index in [1.54, 1.807) is 12.1 Å². The molecule has 0 aliphatic carbocycles. The number of nitro groups is 1. The molecule has 14 heavy (non-hydrogen) atoms. The molecule has 1 aromatic rings. The van der Waals surface area contributed by atoms with Crippen molar-refractivity contribution in [3.05, 3.63) is 39.9 Å². The largest absolute Gasteiger partial charge is 0.269 e. The summed E-state index contributed by atoms with van der Waals surface area (Å²) in [5.41, 5.74) is 0.655. The first-order valence-corrected chi connectivity index (χ1v) is 5.31. The number of hydrogen-bond acceptors (Lipinski definition) is 4. The maximum atomic E-state index is 10.4. The number of thiol groups is 1. The van der Waals surface area contributed by atoms with Crippen molar-refractivity contribution in [2.75, 3.05) is 5.75 Å². The molecule has 76 valence electrons. The zero-order chi connectivity index (χ0) is 10.6. The predicted octanol–water partition coefficient (Wildman–Crippen LogP) is 0.749. The van der Waals surface area contributed by atoms with Crippen LogP contribution in [0.2, 0.25) is 0 Å². The molecule has 0 heterocycles. The van der Waals surface area contributed by atoms with E-state index < -0.39 is 15.6 Å². The Kier molecular flexibility index (Phi) is 3.58. The van der Waals surface area contributed by atoms with Gasteiger partial charge in [-0.25, -0.2) is 8.42 Å². The number of aryl methyl sites for hydroxylation is 1. The fraction of sp³-hybridized carbons (Fsp3) is 0.250. The molecule has 0 aromatic heterocycles. The van der Waals surface area contributed by atoms with E-state index >= 15 is 0 Å². The third-order valence-electron chi connectivity index (χ3n) is 1.70. The molecule has 1 rings (SSSR count). The molecule has 1 aromatic carbocycles. The van der Waals surface area contributed by atoms with Crippen molar-refractivity contribution >= 4 is 16.4 Å². The summed E-state index contributed by atoms with van der Waals surface area (Å²) in [4.78, 5) is 9.88. The van der Waals surface area contributed by atoms with Crippen LogP contribution in [-0.2, 0) is 17.1 Å². The van der Waals surface area contributed by atoms with Gasteiger partial charge in [0, 0.05) is 12.1 Å². The molecule has 0 amide bonds. The maximum Gasteiger partial charge on any atom is 0.269 e. The van der Waals surface area contributed by atoms with E-state index in [1.165, 1.54) is 12.1 Å². The summed E-state index contributed by atoms with van der Waals surface area (Å²) in [6.07, 6.45) is 0.320. The Morgan fingerprint density at radius 3 is 2.64 bits per heavy atom. The molecule has 6 heteroatoms. The SMILES string of the molecule is O=[N+]([O-])c1cccc(CC[SH](=O)=O)c1. The molecule has 0 aliphatic rings. The molecule has 0 fully saturated rings. The lowest BCUT2D eigenvalue weighted by Crippen LogP contribution is -1.95. The van der Waals surface area contributed by atoms with Crippen molar-refractivity contribution in [3.8, 4) is 0 Å². The minimum atomic E-state index is -2.42. The fourth-order valence-electron chi connectivity index (χ4n) is 1.05. The fourth-order valence-corrected chi connectivity index (χ4v) is 1.49. The number of benzene rings is 1. The van der Waals surface area contributed by atoms with Gasteiger partial charge in [-0.05, 0) is 12.0 Å². The van der Waals surface area contributed by atoms with Crippen LogP contribution < -0.4 is 0 Å². The van der Waals surface area contributed by atoms with Crippen molar-refractivity contribution in [2.24, 2.45) is 0 Å². The van der Waals surface area contributed by atoms with Crippen LogP contribution in [0.4, 0.5) is 5.69 Å². The van der Waals surface area contributed by atoms with Crippen molar-refractivity contribution in [1.82, 2.24) is 0 Å². The van der Waals surface area contributed by atoms with Gasteiger partial charge in [0.15, 0.2) is 0 Å². The first kappa shape index (κ1) is 10.6. The minimum Gasteiger partial charge on any atom is -0.258 e. The second-order valence-electron chi connectivity index (χ2n) is 2.73. The second kappa shape index (κ2) is 4.71. The Hall–Kier alpha value is -1.43. The van der Waals surface area contributed by atoms with E-state index in [2.05, 4.69) is 0 Å². The van der Waals surface area contributed by atoms with E-state index in [-0.39, 0.29) is 11.4 Å². The van der Waals surface area contributed by atoms with Crippen LogP contribution in [0, 0.1) is 10.1 Å². The monoisotopic (exact) mass is 215 g/mol. The van der Waals surface area contributed by atoms with Gasteiger partial charge in [0.1, 0.15) is 10.7 Å². The highest BCUT2D eigenvalue weighted by atomic mass is 32.2. The predicted molar refractivity (Wildman–Crippen MR) is 52.0 cm³/mol. The number of nitrogens with zero attached hydrogens (tertiary/aromatic N) is 1. The number of rotatable bonds is 4. The van der Waals surface area contributed by atoms with Crippen molar-refractivity contribution < 1.29 is 13.3 Å². The molecular formula is C8H9NO4S. The van der Waals surface area contributed by atoms with Gasteiger partial charge in [0.2, 0.25) is 0 Å². The zero-order valence-corrected chi connectivity index (χ0v) is 8.15. The summed E-state index contributed by atoms with van der Waals surface area (Å²) in [6.45, 7) is 0. The summed E-state index contributed by atoms with van der Waals surface area (Å²) >= 11 is 0. The molecule has 0 saturated carbocycles.